The topological polar surface area (TPSA) is 57.8 Å². The van der Waals surface area contributed by atoms with E-state index >= 15 is 0 Å². The van der Waals surface area contributed by atoms with Crippen LogP contribution in [0.15, 0.2) is 11.6 Å². The number of nitrogens with zero attached hydrogens (tertiary/aromatic N) is 2. The Hall–Kier alpha value is -2.02. The molecule has 0 unspecified atom stereocenters. The molecule has 1 amide bonds. The highest BCUT2D eigenvalue weighted by molar-refractivity contribution is 6.01. The zero-order valence-electron chi connectivity index (χ0n) is 12.8. The Balaban J connectivity index is 3.05. The first-order valence-corrected chi connectivity index (χ1v) is 7.11. The smallest absolute Gasteiger partial charge is 0.261 e. The molecule has 20 heavy (non-hydrogen) atoms. The summed E-state index contributed by atoms with van der Waals surface area (Å²) in [7, 11) is 0. The minimum absolute atomic E-state index is 0.162. The lowest BCUT2D eigenvalue weighted by molar-refractivity contribution is -0.117. The molecule has 4 heteroatoms. The molecule has 0 fully saturated rings. The number of nitriles is 1. The Labute approximate surface area is 121 Å². The first-order valence-electron chi connectivity index (χ1n) is 7.11. The van der Waals surface area contributed by atoms with Crippen LogP contribution in [0.2, 0.25) is 0 Å². The van der Waals surface area contributed by atoms with E-state index in [9.17, 15) is 4.79 Å². The molecule has 1 heterocycles. The third-order valence-electron chi connectivity index (χ3n) is 3.26. The molecule has 0 aliphatic carbocycles. The highest BCUT2D eigenvalue weighted by Crippen LogP contribution is 2.18. The molecule has 0 spiro atoms. The Bertz CT molecular complexity index is 547. The Kier molecular flexibility index (Phi) is 6.05. The van der Waals surface area contributed by atoms with E-state index in [1.807, 2.05) is 32.9 Å². The number of nitrogens with one attached hydrogen (secondary N) is 1. The van der Waals surface area contributed by atoms with Gasteiger partial charge in [-0.1, -0.05) is 13.8 Å². The van der Waals surface area contributed by atoms with Crippen molar-refractivity contribution in [2.75, 3.05) is 6.54 Å². The summed E-state index contributed by atoms with van der Waals surface area (Å²) < 4.78 is 2.21. The molecule has 0 bridgehead atoms. The fourth-order valence-corrected chi connectivity index (χ4v) is 2.18. The van der Waals surface area contributed by atoms with Gasteiger partial charge in [0.25, 0.3) is 5.91 Å². The number of amides is 1. The number of aromatic nitrogens is 1. The number of rotatable bonds is 6. The number of hydrogen-bond donors (Lipinski definition) is 1. The van der Waals surface area contributed by atoms with Gasteiger partial charge in [0.05, 0.1) is 0 Å². The van der Waals surface area contributed by atoms with Crippen LogP contribution < -0.4 is 5.32 Å². The Morgan fingerprint density at radius 1 is 1.40 bits per heavy atom. The van der Waals surface area contributed by atoms with Gasteiger partial charge in [-0.3, -0.25) is 4.79 Å². The number of aryl methyl sites for hydroxylation is 1. The van der Waals surface area contributed by atoms with Gasteiger partial charge in [-0.05, 0) is 44.4 Å². The van der Waals surface area contributed by atoms with Crippen molar-refractivity contribution in [2.45, 2.75) is 47.1 Å². The quantitative estimate of drug-likeness (QED) is 0.640. The molecule has 0 aliphatic heterocycles. The molecule has 0 aromatic carbocycles. The van der Waals surface area contributed by atoms with Gasteiger partial charge in [-0.25, -0.2) is 0 Å². The van der Waals surface area contributed by atoms with Crippen LogP contribution in [0.5, 0.6) is 0 Å². The van der Waals surface area contributed by atoms with Crippen molar-refractivity contribution in [3.05, 3.63) is 28.6 Å². The second kappa shape index (κ2) is 7.54. The van der Waals surface area contributed by atoms with Crippen LogP contribution in [0.25, 0.3) is 6.08 Å². The number of hydrogen-bond acceptors (Lipinski definition) is 2. The Morgan fingerprint density at radius 2 is 2.10 bits per heavy atom. The summed E-state index contributed by atoms with van der Waals surface area (Å²) in [6.45, 7) is 9.72. The van der Waals surface area contributed by atoms with Crippen LogP contribution in [-0.2, 0) is 11.3 Å². The number of carbonyl (C=O) groups excluding carboxylic acids is 1. The van der Waals surface area contributed by atoms with Crippen molar-refractivity contribution >= 4 is 12.0 Å². The van der Waals surface area contributed by atoms with Crippen molar-refractivity contribution in [3.8, 4) is 6.07 Å². The van der Waals surface area contributed by atoms with Gasteiger partial charge >= 0.3 is 0 Å². The van der Waals surface area contributed by atoms with E-state index in [1.54, 1.807) is 6.08 Å². The molecule has 108 valence electrons. The molecule has 1 rings (SSSR count). The van der Waals surface area contributed by atoms with E-state index in [1.165, 1.54) is 0 Å². The van der Waals surface area contributed by atoms with Gasteiger partial charge in [0.1, 0.15) is 11.6 Å². The molecule has 1 aromatic rings. The van der Waals surface area contributed by atoms with E-state index in [0.29, 0.717) is 6.54 Å². The zero-order chi connectivity index (χ0) is 15.1. The molecule has 0 saturated heterocycles. The predicted octanol–water partition coefficient (Wildman–Crippen LogP) is 2.95. The highest BCUT2D eigenvalue weighted by Gasteiger charge is 2.11. The lowest BCUT2D eigenvalue weighted by Gasteiger charge is -2.07. The lowest BCUT2D eigenvalue weighted by atomic mass is 10.1. The molecule has 0 radical (unpaired) electrons. The van der Waals surface area contributed by atoms with Crippen LogP contribution in [0.1, 0.15) is 43.6 Å². The molecule has 0 atom stereocenters. The largest absolute Gasteiger partial charge is 0.351 e. The monoisotopic (exact) mass is 273 g/mol. The second-order valence-corrected chi connectivity index (χ2v) is 4.90. The third kappa shape index (κ3) is 3.74. The van der Waals surface area contributed by atoms with Crippen LogP contribution in [0, 0.1) is 25.2 Å². The standard InChI is InChI=1S/C16H23N3O/c1-5-7-18-16(20)15(11-17)10-14-9-12(3)19(8-6-2)13(14)4/h9-10H,5-8H2,1-4H3,(H,18,20)/b15-10+. The summed E-state index contributed by atoms with van der Waals surface area (Å²) in [4.78, 5) is 11.9. The van der Waals surface area contributed by atoms with Crippen LogP contribution in [0.3, 0.4) is 0 Å². The van der Waals surface area contributed by atoms with Crippen molar-refractivity contribution in [3.63, 3.8) is 0 Å². The molecular formula is C16H23N3O. The van der Waals surface area contributed by atoms with Crippen molar-refractivity contribution < 1.29 is 4.79 Å². The molecule has 1 aromatic heterocycles. The third-order valence-corrected chi connectivity index (χ3v) is 3.26. The van der Waals surface area contributed by atoms with Gasteiger partial charge < -0.3 is 9.88 Å². The predicted molar refractivity (Wildman–Crippen MR) is 81.1 cm³/mol. The van der Waals surface area contributed by atoms with Crippen LogP contribution >= 0.6 is 0 Å². The maximum absolute atomic E-state index is 11.9. The summed E-state index contributed by atoms with van der Waals surface area (Å²) in [5, 5.41) is 11.9. The van der Waals surface area contributed by atoms with E-state index in [4.69, 9.17) is 5.26 Å². The number of carbonyl (C=O) groups is 1. The molecule has 4 nitrogen and oxygen atoms in total. The summed E-state index contributed by atoms with van der Waals surface area (Å²) in [5.74, 6) is -0.297. The summed E-state index contributed by atoms with van der Waals surface area (Å²) in [5.41, 5.74) is 3.36. The average Bonchev–Trinajstić information content (AvgIpc) is 2.70. The van der Waals surface area contributed by atoms with Gasteiger partial charge in [-0.2, -0.15) is 5.26 Å². The molecule has 1 N–H and O–H groups in total. The minimum Gasteiger partial charge on any atom is -0.351 e. The summed E-state index contributed by atoms with van der Waals surface area (Å²) in [6, 6.07) is 4.01. The van der Waals surface area contributed by atoms with Gasteiger partial charge in [0.15, 0.2) is 0 Å². The molecule has 0 saturated carbocycles. The maximum atomic E-state index is 11.9. The fraction of sp³-hybridized carbons (Fsp3) is 0.500. The second-order valence-electron chi connectivity index (χ2n) is 4.90. The first-order chi connectivity index (χ1) is 9.54. The summed E-state index contributed by atoms with van der Waals surface area (Å²) >= 11 is 0. The Morgan fingerprint density at radius 3 is 2.65 bits per heavy atom. The van der Waals surface area contributed by atoms with E-state index in [0.717, 1.165) is 36.3 Å². The average molecular weight is 273 g/mol. The highest BCUT2D eigenvalue weighted by atomic mass is 16.1. The fourth-order valence-electron chi connectivity index (χ4n) is 2.18. The molecule has 0 aliphatic rings. The minimum atomic E-state index is -0.297. The lowest BCUT2D eigenvalue weighted by Crippen LogP contribution is -2.25. The van der Waals surface area contributed by atoms with E-state index < -0.39 is 0 Å². The van der Waals surface area contributed by atoms with Crippen molar-refractivity contribution in [1.29, 1.82) is 5.26 Å². The van der Waals surface area contributed by atoms with Crippen molar-refractivity contribution in [1.82, 2.24) is 9.88 Å². The molecular weight excluding hydrogens is 250 g/mol. The van der Waals surface area contributed by atoms with E-state index in [-0.39, 0.29) is 11.5 Å². The van der Waals surface area contributed by atoms with Gasteiger partial charge in [-0.15, -0.1) is 0 Å². The van der Waals surface area contributed by atoms with Crippen molar-refractivity contribution in [2.24, 2.45) is 0 Å². The SMILES string of the molecule is CCCNC(=O)/C(C#N)=C/c1cc(C)n(CCC)c1C. The normalized spacial score (nSPS) is 11.2. The van der Waals surface area contributed by atoms with Crippen LogP contribution in [-0.4, -0.2) is 17.0 Å². The van der Waals surface area contributed by atoms with E-state index in [2.05, 4.69) is 16.8 Å². The zero-order valence-corrected chi connectivity index (χ0v) is 12.8. The van der Waals surface area contributed by atoms with Gasteiger partial charge in [0.2, 0.25) is 0 Å². The van der Waals surface area contributed by atoms with Crippen LogP contribution in [0.4, 0.5) is 0 Å². The summed E-state index contributed by atoms with van der Waals surface area (Å²) in [6.07, 6.45) is 3.59. The first kappa shape index (κ1) is 16.0. The van der Waals surface area contributed by atoms with Gasteiger partial charge in [0, 0.05) is 24.5 Å². The maximum Gasteiger partial charge on any atom is 0.261 e.